The Hall–Kier alpha value is -2.24. The molecule has 0 radical (unpaired) electrons. The van der Waals surface area contributed by atoms with Crippen molar-refractivity contribution in [1.82, 2.24) is 4.90 Å². The maximum Gasteiger partial charge on any atom is 0.337 e. The highest BCUT2D eigenvalue weighted by atomic mass is 16.5. The third kappa shape index (κ3) is 3.45. The normalized spacial score (nSPS) is 14.8. The fourth-order valence-electron chi connectivity index (χ4n) is 2.60. The van der Waals surface area contributed by atoms with Crippen LogP contribution in [0.3, 0.4) is 0 Å². The van der Waals surface area contributed by atoms with Crippen LogP contribution >= 0.6 is 0 Å². The standard InChI is InChI=1S/C15H20N2O4/c1-17(10-5-3-4-6-10)15(20)16-13-9-11(21-2)7-8-12(13)14(18)19/h7-10H,3-6H2,1-2H3,(H,16,20)(H,18,19). The summed E-state index contributed by atoms with van der Waals surface area (Å²) in [5.74, 6) is -0.588. The fraction of sp³-hybridized carbons (Fsp3) is 0.467. The number of aromatic carboxylic acids is 1. The second-order valence-corrected chi connectivity index (χ2v) is 5.20. The Balaban J connectivity index is 2.16. The lowest BCUT2D eigenvalue weighted by Crippen LogP contribution is -2.38. The minimum Gasteiger partial charge on any atom is -0.497 e. The molecule has 114 valence electrons. The van der Waals surface area contributed by atoms with E-state index in [1.807, 2.05) is 0 Å². The summed E-state index contributed by atoms with van der Waals surface area (Å²) in [6.07, 6.45) is 4.24. The highest BCUT2D eigenvalue weighted by Crippen LogP contribution is 2.25. The number of methoxy groups -OCH3 is 1. The monoisotopic (exact) mass is 292 g/mol. The maximum absolute atomic E-state index is 12.3. The number of amides is 2. The first-order valence-corrected chi connectivity index (χ1v) is 6.98. The van der Waals surface area contributed by atoms with E-state index in [-0.39, 0.29) is 23.3 Å². The fourth-order valence-corrected chi connectivity index (χ4v) is 2.60. The van der Waals surface area contributed by atoms with Crippen molar-refractivity contribution >= 4 is 17.7 Å². The molecule has 0 atom stereocenters. The smallest absolute Gasteiger partial charge is 0.337 e. The number of carboxylic acid groups (broad SMARTS) is 1. The van der Waals surface area contributed by atoms with Crippen molar-refractivity contribution in [1.29, 1.82) is 0 Å². The van der Waals surface area contributed by atoms with Gasteiger partial charge in [0.15, 0.2) is 0 Å². The van der Waals surface area contributed by atoms with E-state index >= 15 is 0 Å². The van der Waals surface area contributed by atoms with Crippen molar-refractivity contribution in [3.63, 3.8) is 0 Å². The van der Waals surface area contributed by atoms with Gasteiger partial charge < -0.3 is 20.1 Å². The van der Waals surface area contributed by atoms with Crippen LogP contribution in [0.5, 0.6) is 5.75 Å². The number of urea groups is 1. The van der Waals surface area contributed by atoms with Gasteiger partial charge in [-0.1, -0.05) is 12.8 Å². The molecular weight excluding hydrogens is 272 g/mol. The average Bonchev–Trinajstić information content (AvgIpc) is 3.00. The quantitative estimate of drug-likeness (QED) is 0.894. The van der Waals surface area contributed by atoms with E-state index < -0.39 is 5.97 Å². The minimum atomic E-state index is -1.09. The number of nitrogens with zero attached hydrogens (tertiary/aromatic N) is 1. The van der Waals surface area contributed by atoms with Gasteiger partial charge in [0.1, 0.15) is 5.75 Å². The van der Waals surface area contributed by atoms with Crippen molar-refractivity contribution in [2.24, 2.45) is 0 Å². The third-order valence-electron chi connectivity index (χ3n) is 3.89. The minimum absolute atomic E-state index is 0.0453. The number of rotatable bonds is 4. The van der Waals surface area contributed by atoms with E-state index in [0.29, 0.717) is 5.75 Å². The number of benzene rings is 1. The molecule has 2 amide bonds. The van der Waals surface area contributed by atoms with E-state index in [9.17, 15) is 14.7 Å². The van der Waals surface area contributed by atoms with E-state index in [2.05, 4.69) is 5.32 Å². The lowest BCUT2D eigenvalue weighted by molar-refractivity contribution is 0.0698. The van der Waals surface area contributed by atoms with Gasteiger partial charge in [-0.3, -0.25) is 0 Å². The number of hydrogen-bond acceptors (Lipinski definition) is 3. The summed E-state index contributed by atoms with van der Waals surface area (Å²) in [7, 11) is 3.23. The van der Waals surface area contributed by atoms with Gasteiger partial charge in [0, 0.05) is 19.2 Å². The average molecular weight is 292 g/mol. The van der Waals surface area contributed by atoms with E-state index in [1.165, 1.54) is 19.2 Å². The van der Waals surface area contributed by atoms with Gasteiger partial charge in [-0.25, -0.2) is 9.59 Å². The third-order valence-corrected chi connectivity index (χ3v) is 3.89. The highest BCUT2D eigenvalue weighted by molar-refractivity contribution is 6.00. The Labute approximate surface area is 123 Å². The van der Waals surface area contributed by atoms with Gasteiger partial charge in [0.25, 0.3) is 0 Å². The molecule has 0 saturated heterocycles. The van der Waals surface area contributed by atoms with Gasteiger partial charge in [-0.2, -0.15) is 0 Å². The van der Waals surface area contributed by atoms with Crippen LogP contribution in [0.25, 0.3) is 0 Å². The van der Waals surface area contributed by atoms with Crippen molar-refractivity contribution in [2.75, 3.05) is 19.5 Å². The molecular formula is C15H20N2O4. The molecule has 0 spiro atoms. The van der Waals surface area contributed by atoms with Crippen molar-refractivity contribution in [3.05, 3.63) is 23.8 Å². The predicted octanol–water partition coefficient (Wildman–Crippen LogP) is 2.80. The zero-order chi connectivity index (χ0) is 15.4. The highest BCUT2D eigenvalue weighted by Gasteiger charge is 2.24. The molecule has 1 aliphatic carbocycles. The first kappa shape index (κ1) is 15.2. The number of carbonyl (C=O) groups is 2. The van der Waals surface area contributed by atoms with Crippen LogP contribution in [0.1, 0.15) is 36.0 Å². The maximum atomic E-state index is 12.3. The van der Waals surface area contributed by atoms with Gasteiger partial charge in [-0.15, -0.1) is 0 Å². The number of anilines is 1. The number of ether oxygens (including phenoxy) is 1. The molecule has 2 rings (SSSR count). The van der Waals surface area contributed by atoms with Crippen molar-refractivity contribution < 1.29 is 19.4 Å². The SMILES string of the molecule is COc1ccc(C(=O)O)c(NC(=O)N(C)C2CCCC2)c1. The van der Waals surface area contributed by atoms with Gasteiger partial charge in [-0.05, 0) is 25.0 Å². The van der Waals surface area contributed by atoms with Gasteiger partial charge in [0.2, 0.25) is 0 Å². The Kier molecular flexibility index (Phi) is 4.67. The molecule has 1 aromatic rings. The molecule has 1 aliphatic rings. The summed E-state index contributed by atoms with van der Waals surface area (Å²) >= 11 is 0. The lowest BCUT2D eigenvalue weighted by Gasteiger charge is -2.25. The molecule has 0 aliphatic heterocycles. The Bertz CT molecular complexity index is 538. The summed E-state index contributed by atoms with van der Waals surface area (Å²) in [4.78, 5) is 25.1. The first-order valence-electron chi connectivity index (χ1n) is 6.98. The zero-order valence-corrected chi connectivity index (χ0v) is 12.3. The van der Waals surface area contributed by atoms with E-state index in [0.717, 1.165) is 25.7 Å². The zero-order valence-electron chi connectivity index (χ0n) is 12.3. The number of hydrogen-bond donors (Lipinski definition) is 2. The number of carbonyl (C=O) groups excluding carboxylic acids is 1. The molecule has 1 aromatic carbocycles. The van der Waals surface area contributed by atoms with E-state index in [4.69, 9.17) is 4.74 Å². The summed E-state index contributed by atoms with van der Waals surface area (Å²) in [5, 5.41) is 11.9. The molecule has 1 fully saturated rings. The molecule has 1 saturated carbocycles. The first-order chi connectivity index (χ1) is 10.0. The molecule has 6 heteroatoms. The number of carboxylic acids is 1. The number of nitrogens with one attached hydrogen (secondary N) is 1. The Morgan fingerprint density at radius 2 is 2.00 bits per heavy atom. The molecule has 2 N–H and O–H groups in total. The van der Waals surface area contributed by atoms with Crippen LogP contribution in [-0.4, -0.2) is 42.2 Å². The molecule has 0 unspecified atom stereocenters. The van der Waals surface area contributed by atoms with Crippen LogP contribution in [0.2, 0.25) is 0 Å². The second-order valence-electron chi connectivity index (χ2n) is 5.20. The van der Waals surface area contributed by atoms with Crippen LogP contribution in [0.15, 0.2) is 18.2 Å². The molecule has 21 heavy (non-hydrogen) atoms. The van der Waals surface area contributed by atoms with Crippen molar-refractivity contribution in [2.45, 2.75) is 31.7 Å². The molecule has 6 nitrogen and oxygen atoms in total. The summed E-state index contributed by atoms with van der Waals surface area (Å²) in [6, 6.07) is 4.43. The lowest BCUT2D eigenvalue weighted by atomic mass is 10.1. The van der Waals surface area contributed by atoms with Crippen LogP contribution < -0.4 is 10.1 Å². The molecule has 0 heterocycles. The van der Waals surface area contributed by atoms with Crippen molar-refractivity contribution in [3.8, 4) is 5.75 Å². The summed E-state index contributed by atoms with van der Waals surface area (Å²) in [6.45, 7) is 0. The topological polar surface area (TPSA) is 78.9 Å². The van der Waals surface area contributed by atoms with Gasteiger partial charge in [0.05, 0.1) is 18.4 Å². The van der Waals surface area contributed by atoms with Crippen LogP contribution in [0, 0.1) is 0 Å². The summed E-state index contributed by atoms with van der Waals surface area (Å²) < 4.78 is 5.07. The Morgan fingerprint density at radius 3 is 2.57 bits per heavy atom. The predicted molar refractivity (Wildman–Crippen MR) is 79.0 cm³/mol. The molecule has 0 bridgehead atoms. The summed E-state index contributed by atoms with van der Waals surface area (Å²) in [5.41, 5.74) is 0.292. The Morgan fingerprint density at radius 1 is 1.33 bits per heavy atom. The van der Waals surface area contributed by atoms with E-state index in [1.54, 1.807) is 18.0 Å². The van der Waals surface area contributed by atoms with Gasteiger partial charge >= 0.3 is 12.0 Å². The second kappa shape index (κ2) is 6.47. The van der Waals surface area contributed by atoms with Crippen LogP contribution in [0.4, 0.5) is 10.5 Å². The van der Waals surface area contributed by atoms with Crippen LogP contribution in [-0.2, 0) is 0 Å². The molecule has 0 aromatic heterocycles. The largest absolute Gasteiger partial charge is 0.497 e.